The molecule has 0 saturated carbocycles. The molecule has 0 aliphatic heterocycles. The van der Waals surface area contributed by atoms with Crippen LogP contribution < -0.4 is 5.32 Å². The van der Waals surface area contributed by atoms with Crippen LogP contribution in [0, 0.1) is 0 Å². The molecule has 0 radical (unpaired) electrons. The maximum Gasteiger partial charge on any atom is 0.0629 e. The van der Waals surface area contributed by atoms with Crippen LogP contribution in [0.3, 0.4) is 0 Å². The van der Waals surface area contributed by atoms with E-state index in [1.165, 1.54) is 0 Å². The van der Waals surface area contributed by atoms with E-state index in [0.717, 1.165) is 44.9 Å². The Hall–Kier alpha value is 0.420. The Morgan fingerprint density at radius 3 is 2.19 bits per heavy atom. The maximum atomic E-state index is 8.66. The number of aliphatic hydroxyl groups is 1. The molecule has 0 atom stereocenters. The summed E-state index contributed by atoms with van der Waals surface area (Å²) in [5.74, 6) is 0. The van der Waals surface area contributed by atoms with E-state index in [0.29, 0.717) is 0 Å². The van der Waals surface area contributed by atoms with Gasteiger partial charge in [0.05, 0.1) is 5.69 Å². The van der Waals surface area contributed by atoms with Gasteiger partial charge in [0, 0.05) is 26.6 Å². The lowest BCUT2D eigenvalue weighted by Crippen LogP contribution is -2.03. The van der Waals surface area contributed by atoms with Crippen molar-refractivity contribution in [2.75, 3.05) is 18.5 Å². The highest BCUT2D eigenvalue weighted by Crippen LogP contribution is 2.34. The zero-order chi connectivity index (χ0) is 12.0. The van der Waals surface area contributed by atoms with Crippen LogP contribution in [0.15, 0.2) is 25.6 Å². The van der Waals surface area contributed by atoms with Crippen molar-refractivity contribution in [3.63, 3.8) is 0 Å². The first-order valence-electron chi connectivity index (χ1n) is 5.14. The van der Waals surface area contributed by atoms with Gasteiger partial charge in [-0.15, -0.1) is 0 Å². The monoisotopic (exact) mass is 413 g/mol. The van der Waals surface area contributed by atoms with Gasteiger partial charge in [0.2, 0.25) is 0 Å². The molecule has 0 bridgehead atoms. The quantitative estimate of drug-likeness (QED) is 0.668. The second kappa shape index (κ2) is 7.69. The maximum absolute atomic E-state index is 8.66. The topological polar surface area (TPSA) is 32.3 Å². The van der Waals surface area contributed by atoms with Gasteiger partial charge in [0.25, 0.3) is 0 Å². The molecule has 0 aromatic heterocycles. The third-order valence-electron chi connectivity index (χ3n) is 2.14. The summed E-state index contributed by atoms with van der Waals surface area (Å²) < 4.78 is 3.11. The molecule has 0 spiro atoms. The van der Waals surface area contributed by atoms with Crippen LogP contribution in [-0.2, 0) is 0 Å². The van der Waals surface area contributed by atoms with E-state index in [2.05, 4.69) is 53.1 Å². The zero-order valence-electron chi connectivity index (χ0n) is 8.77. The summed E-state index contributed by atoms with van der Waals surface area (Å²) in [6.07, 6.45) is 3.00. The molecule has 0 heterocycles. The smallest absolute Gasteiger partial charge is 0.0629 e. The van der Waals surface area contributed by atoms with Gasteiger partial charge in [-0.2, -0.15) is 0 Å². The SMILES string of the molecule is OCCCCCNc1c(Br)cc(Br)cc1Br. The molecule has 16 heavy (non-hydrogen) atoms. The first-order valence-corrected chi connectivity index (χ1v) is 7.52. The predicted molar refractivity (Wildman–Crippen MR) is 79.0 cm³/mol. The fourth-order valence-corrected chi connectivity index (χ4v) is 3.88. The number of anilines is 1. The average molecular weight is 416 g/mol. The van der Waals surface area contributed by atoms with Crippen LogP contribution in [0.1, 0.15) is 19.3 Å². The molecule has 2 nitrogen and oxygen atoms in total. The van der Waals surface area contributed by atoms with Gasteiger partial charge in [0.1, 0.15) is 0 Å². The number of hydrogen-bond acceptors (Lipinski definition) is 2. The van der Waals surface area contributed by atoms with Gasteiger partial charge >= 0.3 is 0 Å². The molecular weight excluding hydrogens is 402 g/mol. The fourth-order valence-electron chi connectivity index (χ4n) is 1.34. The van der Waals surface area contributed by atoms with E-state index in [-0.39, 0.29) is 6.61 Å². The molecule has 0 saturated heterocycles. The molecule has 5 heteroatoms. The minimum absolute atomic E-state index is 0.283. The normalized spacial score (nSPS) is 10.5. The van der Waals surface area contributed by atoms with Crippen molar-refractivity contribution >= 4 is 53.5 Å². The highest BCUT2D eigenvalue weighted by molar-refractivity contribution is 9.11. The zero-order valence-corrected chi connectivity index (χ0v) is 13.5. The van der Waals surface area contributed by atoms with E-state index < -0.39 is 0 Å². The molecule has 0 unspecified atom stereocenters. The third-order valence-corrected chi connectivity index (χ3v) is 3.85. The van der Waals surface area contributed by atoms with Crippen molar-refractivity contribution in [3.05, 3.63) is 25.6 Å². The van der Waals surface area contributed by atoms with Crippen LogP contribution >= 0.6 is 47.8 Å². The number of halogens is 3. The van der Waals surface area contributed by atoms with E-state index in [1.54, 1.807) is 0 Å². The van der Waals surface area contributed by atoms with Crippen LogP contribution in [0.5, 0.6) is 0 Å². The third kappa shape index (κ3) is 4.73. The summed E-state index contributed by atoms with van der Waals surface area (Å²) in [7, 11) is 0. The predicted octanol–water partition coefficient (Wildman–Crippen LogP) is 4.55. The molecule has 0 amide bonds. The number of hydrogen-bond donors (Lipinski definition) is 2. The highest BCUT2D eigenvalue weighted by Gasteiger charge is 2.05. The minimum Gasteiger partial charge on any atom is -0.396 e. The molecule has 1 aromatic carbocycles. The molecule has 0 fully saturated rings. The lowest BCUT2D eigenvalue weighted by molar-refractivity contribution is 0.283. The number of unbranched alkanes of at least 4 members (excludes halogenated alkanes) is 2. The lowest BCUT2D eigenvalue weighted by atomic mass is 10.2. The van der Waals surface area contributed by atoms with Gasteiger partial charge in [-0.05, 0) is 63.3 Å². The van der Waals surface area contributed by atoms with Crippen LogP contribution in [0.4, 0.5) is 5.69 Å². The molecule has 2 N–H and O–H groups in total. The summed E-state index contributed by atoms with van der Waals surface area (Å²) in [4.78, 5) is 0. The first kappa shape index (κ1) is 14.5. The number of benzene rings is 1. The Kier molecular flexibility index (Phi) is 6.96. The number of nitrogens with one attached hydrogen (secondary N) is 1. The molecule has 0 aliphatic carbocycles. The Morgan fingerprint density at radius 1 is 1.00 bits per heavy atom. The van der Waals surface area contributed by atoms with E-state index in [1.807, 2.05) is 12.1 Å². The summed E-state index contributed by atoms with van der Waals surface area (Å²) in [5.41, 5.74) is 1.08. The van der Waals surface area contributed by atoms with Crippen LogP contribution in [0.25, 0.3) is 0 Å². The standard InChI is InChI=1S/C11H14Br3NO/c12-8-6-9(13)11(10(14)7-8)15-4-2-1-3-5-16/h6-7,15-16H,1-5H2. The van der Waals surface area contributed by atoms with Gasteiger partial charge in [-0.25, -0.2) is 0 Å². The minimum atomic E-state index is 0.283. The van der Waals surface area contributed by atoms with Gasteiger partial charge in [-0.3, -0.25) is 0 Å². The van der Waals surface area contributed by atoms with E-state index >= 15 is 0 Å². The Morgan fingerprint density at radius 2 is 1.62 bits per heavy atom. The summed E-state index contributed by atoms with van der Waals surface area (Å²) in [5, 5.41) is 12.0. The average Bonchev–Trinajstić information content (AvgIpc) is 2.20. The molecule has 1 rings (SSSR count). The molecule has 1 aromatic rings. The van der Waals surface area contributed by atoms with Crippen LogP contribution in [-0.4, -0.2) is 18.3 Å². The molecule has 0 aliphatic rings. The summed E-state index contributed by atoms with van der Waals surface area (Å²) in [6, 6.07) is 4.03. The summed E-state index contributed by atoms with van der Waals surface area (Å²) in [6.45, 7) is 1.20. The van der Waals surface area contributed by atoms with Gasteiger partial charge < -0.3 is 10.4 Å². The second-order valence-corrected chi connectivity index (χ2v) is 6.08. The Labute approximate surface area is 121 Å². The first-order chi connectivity index (χ1) is 7.65. The van der Waals surface area contributed by atoms with Crippen molar-refractivity contribution in [1.82, 2.24) is 0 Å². The fraction of sp³-hybridized carbons (Fsp3) is 0.455. The van der Waals surface area contributed by atoms with E-state index in [9.17, 15) is 0 Å². The second-order valence-electron chi connectivity index (χ2n) is 3.46. The Balaban J connectivity index is 2.47. The van der Waals surface area contributed by atoms with Gasteiger partial charge in [-0.1, -0.05) is 15.9 Å². The highest BCUT2D eigenvalue weighted by atomic mass is 79.9. The number of rotatable bonds is 6. The van der Waals surface area contributed by atoms with Crippen molar-refractivity contribution in [2.24, 2.45) is 0 Å². The summed E-state index contributed by atoms with van der Waals surface area (Å²) >= 11 is 10.5. The van der Waals surface area contributed by atoms with Crippen molar-refractivity contribution in [2.45, 2.75) is 19.3 Å². The Bertz CT molecular complexity index is 321. The largest absolute Gasteiger partial charge is 0.396 e. The van der Waals surface area contributed by atoms with Crippen LogP contribution in [0.2, 0.25) is 0 Å². The van der Waals surface area contributed by atoms with Crippen molar-refractivity contribution in [1.29, 1.82) is 0 Å². The molecule has 90 valence electrons. The lowest BCUT2D eigenvalue weighted by Gasteiger charge is -2.11. The number of aliphatic hydroxyl groups excluding tert-OH is 1. The van der Waals surface area contributed by atoms with Crippen molar-refractivity contribution < 1.29 is 5.11 Å². The molecular formula is C11H14Br3NO. The van der Waals surface area contributed by atoms with Gasteiger partial charge in [0.15, 0.2) is 0 Å². The van der Waals surface area contributed by atoms with Crippen molar-refractivity contribution in [3.8, 4) is 0 Å². The van der Waals surface area contributed by atoms with E-state index in [4.69, 9.17) is 5.11 Å².